The number of hydroxylamine groups is 1. The molecule has 0 aromatic rings. The zero-order valence-electron chi connectivity index (χ0n) is 8.72. The van der Waals surface area contributed by atoms with Crippen LogP contribution >= 0.6 is 0 Å². The summed E-state index contributed by atoms with van der Waals surface area (Å²) in [5, 5.41) is 2.81. The molecule has 0 aromatic heterocycles. The Labute approximate surface area is 80.0 Å². The van der Waals surface area contributed by atoms with Crippen LogP contribution in [0.4, 0.5) is 0 Å². The lowest BCUT2D eigenvalue weighted by Crippen LogP contribution is -2.42. The van der Waals surface area contributed by atoms with Crippen molar-refractivity contribution in [3.8, 4) is 0 Å². The van der Waals surface area contributed by atoms with E-state index in [-0.39, 0.29) is 11.9 Å². The number of carbonyl (C=O) groups excluding carboxylic acids is 1. The minimum absolute atomic E-state index is 0.0121. The van der Waals surface area contributed by atoms with Gasteiger partial charge in [-0.1, -0.05) is 13.3 Å². The minimum atomic E-state index is -0.281. The lowest BCUT2D eigenvalue weighted by molar-refractivity contribution is -0.126. The Morgan fingerprint density at radius 2 is 2.15 bits per heavy atom. The Kier molecular flexibility index (Phi) is 7.63. The molecule has 78 valence electrons. The number of carbonyl (C=O) groups is 1. The molecule has 0 saturated carbocycles. The van der Waals surface area contributed by atoms with Crippen LogP contribution in [0.5, 0.6) is 0 Å². The fraction of sp³-hybridized carbons (Fsp3) is 0.889. The molecule has 0 bridgehead atoms. The topological polar surface area (TPSA) is 50.4 Å². The van der Waals surface area contributed by atoms with Crippen molar-refractivity contribution in [2.24, 2.45) is 0 Å². The predicted octanol–water partition coefficient (Wildman–Crippen LogP) is 0.832. The molecule has 0 aliphatic carbocycles. The molecule has 0 aliphatic heterocycles. The van der Waals surface area contributed by atoms with E-state index in [1.165, 1.54) is 0 Å². The van der Waals surface area contributed by atoms with Crippen LogP contribution in [0, 0.1) is 0 Å². The summed E-state index contributed by atoms with van der Waals surface area (Å²) in [6, 6.07) is -0.281. The number of hydrogen-bond acceptors (Lipinski definition) is 3. The average molecular weight is 188 g/mol. The molecule has 1 amide bonds. The van der Waals surface area contributed by atoms with E-state index in [4.69, 9.17) is 4.84 Å². The molecule has 13 heavy (non-hydrogen) atoms. The summed E-state index contributed by atoms with van der Waals surface area (Å²) in [7, 11) is 0. The first-order valence-corrected chi connectivity index (χ1v) is 4.87. The molecule has 4 nitrogen and oxygen atoms in total. The summed E-state index contributed by atoms with van der Waals surface area (Å²) in [6.07, 6.45) is 2.11. The smallest absolute Gasteiger partial charge is 0.239 e. The largest absolute Gasteiger partial charge is 0.355 e. The summed E-state index contributed by atoms with van der Waals surface area (Å²) in [4.78, 5) is 16.2. The van der Waals surface area contributed by atoms with E-state index >= 15 is 0 Å². The molecular formula is C9H20N2O2. The number of amides is 1. The quantitative estimate of drug-likeness (QED) is 0.459. The van der Waals surface area contributed by atoms with Crippen molar-refractivity contribution < 1.29 is 9.63 Å². The van der Waals surface area contributed by atoms with Crippen molar-refractivity contribution in [2.75, 3.05) is 13.2 Å². The van der Waals surface area contributed by atoms with Gasteiger partial charge < -0.3 is 10.2 Å². The third-order valence-electron chi connectivity index (χ3n) is 1.63. The summed E-state index contributed by atoms with van der Waals surface area (Å²) in [6.45, 7) is 7.04. The van der Waals surface area contributed by atoms with E-state index in [2.05, 4.69) is 17.7 Å². The highest BCUT2D eigenvalue weighted by molar-refractivity contribution is 5.81. The second kappa shape index (κ2) is 8.01. The van der Waals surface area contributed by atoms with Crippen molar-refractivity contribution >= 4 is 5.91 Å². The maximum Gasteiger partial charge on any atom is 0.239 e. The van der Waals surface area contributed by atoms with Crippen LogP contribution in [0.1, 0.15) is 33.6 Å². The molecule has 1 unspecified atom stereocenters. The predicted molar refractivity (Wildman–Crippen MR) is 52.1 cm³/mol. The fourth-order valence-corrected chi connectivity index (χ4v) is 0.803. The van der Waals surface area contributed by atoms with Crippen LogP contribution in [0.15, 0.2) is 0 Å². The number of unbranched alkanes of at least 4 members (excludes halogenated alkanes) is 1. The Morgan fingerprint density at radius 3 is 2.69 bits per heavy atom. The zero-order chi connectivity index (χ0) is 10.1. The summed E-state index contributed by atoms with van der Waals surface area (Å²) in [5.74, 6) is -0.0121. The van der Waals surface area contributed by atoms with Crippen LogP contribution in [0.25, 0.3) is 0 Å². The maximum atomic E-state index is 11.3. The molecule has 0 rings (SSSR count). The highest BCUT2D eigenvalue weighted by atomic mass is 16.6. The van der Waals surface area contributed by atoms with Crippen LogP contribution < -0.4 is 10.8 Å². The van der Waals surface area contributed by atoms with Crippen molar-refractivity contribution in [3.05, 3.63) is 0 Å². The van der Waals surface area contributed by atoms with Gasteiger partial charge in [0, 0.05) is 6.54 Å². The van der Waals surface area contributed by atoms with Gasteiger partial charge in [-0.25, -0.2) is 0 Å². The second-order valence-corrected chi connectivity index (χ2v) is 2.92. The maximum absolute atomic E-state index is 11.3. The zero-order valence-corrected chi connectivity index (χ0v) is 8.72. The SMILES string of the molecule is CCCCNC(=O)C(C)NOCC. The van der Waals surface area contributed by atoms with Gasteiger partial charge >= 0.3 is 0 Å². The van der Waals surface area contributed by atoms with Crippen LogP contribution in [-0.2, 0) is 9.63 Å². The van der Waals surface area contributed by atoms with Gasteiger partial charge in [0.2, 0.25) is 5.91 Å². The average Bonchev–Trinajstić information content (AvgIpc) is 2.14. The Morgan fingerprint density at radius 1 is 1.46 bits per heavy atom. The van der Waals surface area contributed by atoms with Gasteiger partial charge in [0.1, 0.15) is 6.04 Å². The highest BCUT2D eigenvalue weighted by Gasteiger charge is 2.10. The van der Waals surface area contributed by atoms with Crippen LogP contribution in [0.2, 0.25) is 0 Å². The molecule has 4 heteroatoms. The number of hydrogen-bond donors (Lipinski definition) is 2. The summed E-state index contributed by atoms with van der Waals surface area (Å²) < 4.78 is 0. The Bertz CT molecular complexity index is 140. The van der Waals surface area contributed by atoms with Crippen molar-refractivity contribution in [2.45, 2.75) is 39.7 Å². The van der Waals surface area contributed by atoms with E-state index in [0.717, 1.165) is 19.4 Å². The fourth-order valence-electron chi connectivity index (χ4n) is 0.803. The minimum Gasteiger partial charge on any atom is -0.355 e. The van der Waals surface area contributed by atoms with Gasteiger partial charge in [-0.2, -0.15) is 5.48 Å². The molecule has 0 heterocycles. The summed E-state index contributed by atoms with van der Waals surface area (Å²) in [5.41, 5.74) is 2.65. The third kappa shape index (κ3) is 6.54. The van der Waals surface area contributed by atoms with Crippen molar-refractivity contribution in [1.82, 2.24) is 10.8 Å². The molecule has 0 aromatic carbocycles. The van der Waals surface area contributed by atoms with Gasteiger partial charge in [-0.05, 0) is 20.3 Å². The van der Waals surface area contributed by atoms with E-state index in [9.17, 15) is 4.79 Å². The third-order valence-corrected chi connectivity index (χ3v) is 1.63. The van der Waals surface area contributed by atoms with Gasteiger partial charge in [-0.3, -0.25) is 4.79 Å². The lowest BCUT2D eigenvalue weighted by Gasteiger charge is -2.12. The highest BCUT2D eigenvalue weighted by Crippen LogP contribution is 1.86. The van der Waals surface area contributed by atoms with E-state index in [0.29, 0.717) is 6.61 Å². The molecular weight excluding hydrogens is 168 g/mol. The Balaban J connectivity index is 3.45. The van der Waals surface area contributed by atoms with Crippen LogP contribution in [0.3, 0.4) is 0 Å². The van der Waals surface area contributed by atoms with E-state index in [1.54, 1.807) is 6.92 Å². The summed E-state index contributed by atoms with van der Waals surface area (Å²) >= 11 is 0. The molecule has 0 aliphatic rings. The molecule has 0 fully saturated rings. The van der Waals surface area contributed by atoms with Gasteiger partial charge in [0.15, 0.2) is 0 Å². The van der Waals surface area contributed by atoms with Crippen molar-refractivity contribution in [3.63, 3.8) is 0 Å². The van der Waals surface area contributed by atoms with Gasteiger partial charge in [-0.15, -0.1) is 0 Å². The molecule has 0 saturated heterocycles. The molecule has 0 radical (unpaired) electrons. The van der Waals surface area contributed by atoms with Gasteiger partial charge in [0.05, 0.1) is 6.61 Å². The number of nitrogens with one attached hydrogen (secondary N) is 2. The lowest BCUT2D eigenvalue weighted by atomic mass is 10.3. The normalized spacial score (nSPS) is 12.5. The Hall–Kier alpha value is -0.610. The van der Waals surface area contributed by atoms with Gasteiger partial charge in [0.25, 0.3) is 0 Å². The van der Waals surface area contributed by atoms with E-state index < -0.39 is 0 Å². The first kappa shape index (κ1) is 12.4. The molecule has 0 spiro atoms. The van der Waals surface area contributed by atoms with Crippen LogP contribution in [-0.4, -0.2) is 25.1 Å². The number of rotatable bonds is 7. The first-order valence-electron chi connectivity index (χ1n) is 4.87. The first-order chi connectivity index (χ1) is 6.22. The molecule has 2 N–H and O–H groups in total. The second-order valence-electron chi connectivity index (χ2n) is 2.92. The monoisotopic (exact) mass is 188 g/mol. The molecule has 1 atom stereocenters. The van der Waals surface area contributed by atoms with Crippen molar-refractivity contribution in [1.29, 1.82) is 0 Å². The van der Waals surface area contributed by atoms with E-state index in [1.807, 2.05) is 6.92 Å². The standard InChI is InChI=1S/C9H20N2O2/c1-4-6-7-10-9(12)8(3)11-13-5-2/h8,11H,4-7H2,1-3H3,(H,10,12).